The molecule has 3 heteroatoms. The Morgan fingerprint density at radius 2 is 1.93 bits per heavy atom. The molecule has 1 saturated carbocycles. The molecule has 76 valence electrons. The molecule has 0 atom stereocenters. The van der Waals surface area contributed by atoms with E-state index in [0.29, 0.717) is 5.56 Å². The molecule has 2 rings (SSSR count). The van der Waals surface area contributed by atoms with Gasteiger partial charge in [0, 0.05) is 11.0 Å². The molecule has 0 spiro atoms. The highest BCUT2D eigenvalue weighted by Gasteiger charge is 2.40. The molecule has 0 bridgehead atoms. The summed E-state index contributed by atoms with van der Waals surface area (Å²) >= 11 is 0. The van der Waals surface area contributed by atoms with Gasteiger partial charge in [-0.25, -0.2) is 0 Å². The van der Waals surface area contributed by atoms with Gasteiger partial charge in [0.1, 0.15) is 11.5 Å². The number of aliphatic hydroxyl groups excluding tert-OH is 1. The molecule has 0 saturated heterocycles. The number of hydrogen-bond acceptors (Lipinski definition) is 3. The zero-order chi connectivity index (χ0) is 10.2. The van der Waals surface area contributed by atoms with Gasteiger partial charge < -0.3 is 15.3 Å². The molecule has 1 aliphatic carbocycles. The molecule has 14 heavy (non-hydrogen) atoms. The van der Waals surface area contributed by atoms with Gasteiger partial charge in [-0.2, -0.15) is 0 Å². The molecule has 0 aromatic heterocycles. The predicted molar refractivity (Wildman–Crippen MR) is 52.4 cm³/mol. The van der Waals surface area contributed by atoms with E-state index in [0.717, 1.165) is 19.3 Å². The van der Waals surface area contributed by atoms with E-state index in [1.165, 1.54) is 12.1 Å². The molecule has 1 aromatic rings. The van der Waals surface area contributed by atoms with Crippen molar-refractivity contribution in [1.82, 2.24) is 0 Å². The second kappa shape index (κ2) is 3.17. The third kappa shape index (κ3) is 1.24. The topological polar surface area (TPSA) is 60.7 Å². The number of phenols is 2. The summed E-state index contributed by atoms with van der Waals surface area (Å²) in [6.07, 6.45) is 2.82. The molecule has 0 radical (unpaired) electrons. The summed E-state index contributed by atoms with van der Waals surface area (Å²) in [4.78, 5) is 0. The Bertz CT molecular complexity index is 337. The van der Waals surface area contributed by atoms with Crippen LogP contribution in [0.2, 0.25) is 0 Å². The van der Waals surface area contributed by atoms with Crippen LogP contribution in [0.15, 0.2) is 18.2 Å². The maximum absolute atomic E-state index is 9.64. The van der Waals surface area contributed by atoms with Gasteiger partial charge in [0.25, 0.3) is 0 Å². The van der Waals surface area contributed by atoms with Crippen molar-refractivity contribution in [3.05, 3.63) is 23.8 Å². The predicted octanol–water partition coefficient (Wildman–Crippen LogP) is 1.51. The molecule has 0 amide bonds. The standard InChI is InChI=1S/C11H14O3/c12-7-11(4-1-5-11)9-6-8(13)2-3-10(9)14/h2-3,6,12-14H,1,4-5,7H2. The smallest absolute Gasteiger partial charge is 0.119 e. The fraction of sp³-hybridized carbons (Fsp3) is 0.455. The first kappa shape index (κ1) is 9.34. The van der Waals surface area contributed by atoms with Crippen molar-refractivity contribution < 1.29 is 15.3 Å². The van der Waals surface area contributed by atoms with Gasteiger partial charge in [0.2, 0.25) is 0 Å². The van der Waals surface area contributed by atoms with E-state index in [9.17, 15) is 15.3 Å². The maximum Gasteiger partial charge on any atom is 0.119 e. The minimum Gasteiger partial charge on any atom is -0.508 e. The van der Waals surface area contributed by atoms with Crippen LogP contribution >= 0.6 is 0 Å². The summed E-state index contributed by atoms with van der Waals surface area (Å²) in [5.41, 5.74) is 0.356. The van der Waals surface area contributed by atoms with E-state index in [4.69, 9.17) is 0 Å². The molecule has 0 heterocycles. The Labute approximate surface area is 82.6 Å². The van der Waals surface area contributed by atoms with E-state index in [1.54, 1.807) is 6.07 Å². The van der Waals surface area contributed by atoms with Crippen LogP contribution in [-0.4, -0.2) is 21.9 Å². The Balaban J connectivity index is 2.43. The van der Waals surface area contributed by atoms with Gasteiger partial charge in [-0.15, -0.1) is 0 Å². The molecule has 1 aromatic carbocycles. The van der Waals surface area contributed by atoms with Crippen LogP contribution in [-0.2, 0) is 5.41 Å². The summed E-state index contributed by atoms with van der Waals surface area (Å²) in [5, 5.41) is 28.3. The molecule has 3 nitrogen and oxygen atoms in total. The highest BCUT2D eigenvalue weighted by Crippen LogP contribution is 2.47. The van der Waals surface area contributed by atoms with Crippen LogP contribution in [0.4, 0.5) is 0 Å². The van der Waals surface area contributed by atoms with Gasteiger partial charge in [-0.3, -0.25) is 0 Å². The van der Waals surface area contributed by atoms with E-state index in [-0.39, 0.29) is 23.5 Å². The zero-order valence-corrected chi connectivity index (χ0v) is 7.90. The Kier molecular flexibility index (Phi) is 2.11. The Morgan fingerprint density at radius 3 is 2.43 bits per heavy atom. The molecule has 1 fully saturated rings. The lowest BCUT2D eigenvalue weighted by molar-refractivity contribution is 0.117. The highest BCUT2D eigenvalue weighted by molar-refractivity contribution is 5.44. The summed E-state index contributed by atoms with van der Waals surface area (Å²) in [6, 6.07) is 4.47. The lowest BCUT2D eigenvalue weighted by atomic mass is 9.65. The van der Waals surface area contributed by atoms with Gasteiger partial charge in [0.15, 0.2) is 0 Å². The van der Waals surface area contributed by atoms with Crippen LogP contribution in [0.25, 0.3) is 0 Å². The van der Waals surface area contributed by atoms with Crippen LogP contribution in [0.3, 0.4) is 0 Å². The van der Waals surface area contributed by atoms with Crippen molar-refractivity contribution >= 4 is 0 Å². The zero-order valence-electron chi connectivity index (χ0n) is 7.90. The fourth-order valence-corrected chi connectivity index (χ4v) is 2.06. The van der Waals surface area contributed by atoms with Gasteiger partial charge in [-0.05, 0) is 31.0 Å². The average molecular weight is 194 g/mol. The number of hydrogen-bond donors (Lipinski definition) is 3. The number of phenolic OH excluding ortho intramolecular Hbond substituents is 2. The van der Waals surface area contributed by atoms with Crippen molar-refractivity contribution in [3.63, 3.8) is 0 Å². The Hall–Kier alpha value is -1.22. The lowest BCUT2D eigenvalue weighted by Gasteiger charge is -2.41. The molecule has 0 aliphatic heterocycles. The Morgan fingerprint density at radius 1 is 1.21 bits per heavy atom. The first-order valence-electron chi connectivity index (χ1n) is 4.81. The van der Waals surface area contributed by atoms with E-state index in [2.05, 4.69) is 0 Å². The largest absolute Gasteiger partial charge is 0.508 e. The number of rotatable bonds is 2. The van der Waals surface area contributed by atoms with Crippen molar-refractivity contribution in [1.29, 1.82) is 0 Å². The third-order valence-electron chi connectivity index (χ3n) is 3.16. The van der Waals surface area contributed by atoms with Crippen molar-refractivity contribution in [2.75, 3.05) is 6.61 Å². The SMILES string of the molecule is OCC1(c2cc(O)ccc2O)CCC1. The number of aliphatic hydroxyl groups is 1. The second-order valence-corrected chi connectivity index (χ2v) is 3.99. The highest BCUT2D eigenvalue weighted by atomic mass is 16.3. The number of benzene rings is 1. The summed E-state index contributed by atoms with van der Waals surface area (Å²) < 4.78 is 0. The summed E-state index contributed by atoms with van der Waals surface area (Å²) in [7, 11) is 0. The quantitative estimate of drug-likeness (QED) is 0.625. The monoisotopic (exact) mass is 194 g/mol. The molecular formula is C11H14O3. The van der Waals surface area contributed by atoms with E-state index in [1.807, 2.05) is 0 Å². The first-order chi connectivity index (χ1) is 6.68. The average Bonchev–Trinajstić information content (AvgIpc) is 2.10. The normalized spacial score (nSPS) is 18.9. The van der Waals surface area contributed by atoms with Crippen LogP contribution in [0.1, 0.15) is 24.8 Å². The summed E-state index contributed by atoms with van der Waals surface area (Å²) in [6.45, 7) is 0.0318. The second-order valence-electron chi connectivity index (χ2n) is 3.99. The van der Waals surface area contributed by atoms with Gasteiger partial charge in [-0.1, -0.05) is 6.42 Å². The maximum atomic E-state index is 9.64. The minimum atomic E-state index is -0.317. The van der Waals surface area contributed by atoms with Crippen molar-refractivity contribution in [2.45, 2.75) is 24.7 Å². The molecular weight excluding hydrogens is 180 g/mol. The van der Waals surface area contributed by atoms with Crippen molar-refractivity contribution in [3.8, 4) is 11.5 Å². The van der Waals surface area contributed by atoms with Crippen LogP contribution in [0, 0.1) is 0 Å². The minimum absolute atomic E-state index is 0.0318. The molecule has 1 aliphatic rings. The van der Waals surface area contributed by atoms with Crippen LogP contribution < -0.4 is 0 Å². The van der Waals surface area contributed by atoms with Crippen molar-refractivity contribution in [2.24, 2.45) is 0 Å². The number of aromatic hydroxyl groups is 2. The molecule has 3 N–H and O–H groups in total. The first-order valence-corrected chi connectivity index (χ1v) is 4.81. The molecule has 0 unspecified atom stereocenters. The third-order valence-corrected chi connectivity index (χ3v) is 3.16. The lowest BCUT2D eigenvalue weighted by Crippen LogP contribution is -2.37. The van der Waals surface area contributed by atoms with E-state index < -0.39 is 0 Å². The fourth-order valence-electron chi connectivity index (χ4n) is 2.06. The van der Waals surface area contributed by atoms with Crippen LogP contribution in [0.5, 0.6) is 11.5 Å². The summed E-state index contributed by atoms with van der Waals surface area (Å²) in [5.74, 6) is 0.300. The van der Waals surface area contributed by atoms with E-state index >= 15 is 0 Å². The van der Waals surface area contributed by atoms with Gasteiger partial charge >= 0.3 is 0 Å². The van der Waals surface area contributed by atoms with Gasteiger partial charge in [0.05, 0.1) is 6.61 Å².